The highest BCUT2D eigenvalue weighted by Crippen LogP contribution is 2.30. The van der Waals surface area contributed by atoms with Crippen LogP contribution in [0.25, 0.3) is 11.1 Å². The maximum atomic E-state index is 12.9. The van der Waals surface area contributed by atoms with Crippen LogP contribution in [0.15, 0.2) is 60.9 Å². The largest absolute Gasteiger partial charge is 0.329 e. The molecule has 1 atom stereocenters. The van der Waals surface area contributed by atoms with E-state index in [9.17, 15) is 19.2 Å². The summed E-state index contributed by atoms with van der Waals surface area (Å²) in [6.45, 7) is 4.04. The third kappa shape index (κ3) is 5.10. The lowest BCUT2D eigenvalue weighted by atomic mass is 9.92. The number of imide groups is 1. The maximum Gasteiger partial charge on any atom is 0.319 e. The highest BCUT2D eigenvalue weighted by molar-refractivity contribution is 6.30. The van der Waals surface area contributed by atoms with Gasteiger partial charge in [-0.1, -0.05) is 35.9 Å². The van der Waals surface area contributed by atoms with Crippen LogP contribution in [0, 0.1) is 0 Å². The molecular weight excluding hydrogens is 506 g/mol. The number of nitrogens with one attached hydrogen (secondary N) is 3. The summed E-state index contributed by atoms with van der Waals surface area (Å²) in [6, 6.07) is 13.6. The quantitative estimate of drug-likeness (QED) is 0.426. The highest BCUT2D eigenvalue weighted by atomic mass is 35.5. The Morgan fingerprint density at radius 1 is 1.05 bits per heavy atom. The predicted molar refractivity (Wildman–Crippen MR) is 142 cm³/mol. The molecule has 0 saturated carbocycles. The number of halogens is 1. The van der Waals surface area contributed by atoms with Gasteiger partial charge in [0, 0.05) is 42.2 Å². The van der Waals surface area contributed by atoms with Crippen LogP contribution in [0.5, 0.6) is 0 Å². The van der Waals surface area contributed by atoms with E-state index in [1.807, 2.05) is 44.2 Å². The van der Waals surface area contributed by atoms with E-state index in [4.69, 9.17) is 11.6 Å². The first-order valence-corrected chi connectivity index (χ1v) is 12.6. The van der Waals surface area contributed by atoms with Crippen molar-refractivity contribution in [2.24, 2.45) is 0 Å². The van der Waals surface area contributed by atoms with Crippen molar-refractivity contribution in [2.45, 2.75) is 44.8 Å². The van der Waals surface area contributed by atoms with Gasteiger partial charge in [0.05, 0.1) is 10.6 Å². The number of carbonyl (C=O) groups excluding carboxylic acids is 4. The standard InChI is InChI=1S/C28H26ClN5O4/c1-28(2,19-5-3-16(4-6-19)17-11-20(29)14-30-13-17)33-27(38)31-21-7-8-22-18(12-21)15-34(26(22)37)23-9-10-24(35)32-25(23)36/h3-8,11-14,23H,9-10,15H2,1-2H3,(H2,31,33,38)(H,32,35,36). The zero-order valence-corrected chi connectivity index (χ0v) is 21.6. The van der Waals surface area contributed by atoms with Gasteiger partial charge in [0.2, 0.25) is 11.8 Å². The Bertz CT molecular complexity index is 1450. The first-order valence-electron chi connectivity index (χ1n) is 12.2. The van der Waals surface area contributed by atoms with Gasteiger partial charge in [-0.3, -0.25) is 24.7 Å². The third-order valence-electron chi connectivity index (χ3n) is 6.85. The van der Waals surface area contributed by atoms with Crippen LogP contribution in [-0.4, -0.2) is 39.7 Å². The second-order valence-corrected chi connectivity index (χ2v) is 10.4. The fourth-order valence-electron chi connectivity index (χ4n) is 4.82. The topological polar surface area (TPSA) is 120 Å². The van der Waals surface area contributed by atoms with Crippen molar-refractivity contribution < 1.29 is 19.2 Å². The van der Waals surface area contributed by atoms with Crippen molar-refractivity contribution in [3.8, 4) is 11.1 Å². The van der Waals surface area contributed by atoms with E-state index in [1.54, 1.807) is 30.6 Å². The molecule has 194 valence electrons. The monoisotopic (exact) mass is 531 g/mol. The van der Waals surface area contributed by atoms with E-state index >= 15 is 0 Å². The van der Waals surface area contributed by atoms with Crippen LogP contribution in [0.1, 0.15) is 48.2 Å². The van der Waals surface area contributed by atoms with Crippen molar-refractivity contribution in [3.63, 3.8) is 0 Å². The summed E-state index contributed by atoms with van der Waals surface area (Å²) < 4.78 is 0. The number of fused-ring (bicyclic) bond motifs is 1. The zero-order chi connectivity index (χ0) is 27.0. The van der Waals surface area contributed by atoms with Gasteiger partial charge in [0.25, 0.3) is 5.91 Å². The lowest BCUT2D eigenvalue weighted by Crippen LogP contribution is -2.52. The number of anilines is 1. The molecule has 9 nitrogen and oxygen atoms in total. The van der Waals surface area contributed by atoms with Crippen molar-refractivity contribution in [1.29, 1.82) is 0 Å². The Labute approximate surface area is 224 Å². The van der Waals surface area contributed by atoms with Gasteiger partial charge in [-0.15, -0.1) is 0 Å². The van der Waals surface area contributed by atoms with Gasteiger partial charge < -0.3 is 15.5 Å². The summed E-state index contributed by atoms with van der Waals surface area (Å²) in [5, 5.41) is 8.68. The molecular formula is C28H26ClN5O4. The number of rotatable bonds is 5. The molecule has 2 aliphatic heterocycles. The third-order valence-corrected chi connectivity index (χ3v) is 7.06. The molecule has 0 radical (unpaired) electrons. The number of benzene rings is 2. The number of amides is 5. The molecule has 5 amide bonds. The maximum absolute atomic E-state index is 12.9. The molecule has 1 fully saturated rings. The Morgan fingerprint density at radius 2 is 1.82 bits per heavy atom. The van der Waals surface area contributed by atoms with Gasteiger partial charge in [-0.25, -0.2) is 4.79 Å². The first kappa shape index (κ1) is 25.4. The van der Waals surface area contributed by atoms with Gasteiger partial charge in [-0.2, -0.15) is 0 Å². The minimum atomic E-state index is -0.686. The predicted octanol–water partition coefficient (Wildman–Crippen LogP) is 4.22. The Kier molecular flexibility index (Phi) is 6.62. The van der Waals surface area contributed by atoms with Crippen molar-refractivity contribution >= 4 is 41.0 Å². The van der Waals surface area contributed by atoms with E-state index < -0.39 is 23.5 Å². The smallest absolute Gasteiger partial charge is 0.319 e. The van der Waals surface area contributed by atoms with Crippen LogP contribution in [0.4, 0.5) is 10.5 Å². The van der Waals surface area contributed by atoms with Crippen molar-refractivity contribution in [1.82, 2.24) is 20.5 Å². The van der Waals surface area contributed by atoms with Crippen LogP contribution < -0.4 is 16.0 Å². The molecule has 38 heavy (non-hydrogen) atoms. The number of carbonyl (C=O) groups is 4. The molecule has 2 aliphatic rings. The van der Waals surface area contributed by atoms with E-state index in [0.29, 0.717) is 28.3 Å². The fraction of sp³-hybridized carbons (Fsp3) is 0.250. The minimum absolute atomic E-state index is 0.194. The number of pyridine rings is 1. The van der Waals surface area contributed by atoms with Crippen LogP contribution >= 0.6 is 11.6 Å². The molecule has 0 spiro atoms. The lowest BCUT2D eigenvalue weighted by molar-refractivity contribution is -0.136. The number of hydrogen-bond acceptors (Lipinski definition) is 5. The highest BCUT2D eigenvalue weighted by Gasteiger charge is 2.39. The average molecular weight is 532 g/mol. The fourth-order valence-corrected chi connectivity index (χ4v) is 4.99. The number of nitrogens with zero attached hydrogens (tertiary/aromatic N) is 2. The summed E-state index contributed by atoms with van der Waals surface area (Å²) in [6.07, 6.45) is 3.81. The molecule has 1 unspecified atom stereocenters. The zero-order valence-electron chi connectivity index (χ0n) is 20.9. The summed E-state index contributed by atoms with van der Waals surface area (Å²) in [5.41, 5.74) is 3.81. The van der Waals surface area contributed by atoms with Gasteiger partial charge in [-0.05, 0) is 61.2 Å². The van der Waals surface area contributed by atoms with E-state index in [2.05, 4.69) is 20.9 Å². The van der Waals surface area contributed by atoms with Crippen LogP contribution in [0.2, 0.25) is 5.02 Å². The molecule has 2 aromatic carbocycles. The summed E-state index contributed by atoms with van der Waals surface area (Å²) in [7, 11) is 0. The summed E-state index contributed by atoms with van der Waals surface area (Å²) >= 11 is 6.05. The average Bonchev–Trinajstić information content (AvgIpc) is 3.19. The van der Waals surface area contributed by atoms with Gasteiger partial charge in [0.1, 0.15) is 6.04 Å². The van der Waals surface area contributed by atoms with E-state index in [0.717, 1.165) is 16.7 Å². The SMILES string of the molecule is CC(C)(NC(=O)Nc1ccc2c(c1)CN(C1CCC(=O)NC1=O)C2=O)c1ccc(-c2cncc(Cl)c2)cc1. The Hall–Kier alpha value is -4.24. The second-order valence-electron chi connectivity index (χ2n) is 9.95. The Morgan fingerprint density at radius 3 is 2.53 bits per heavy atom. The first-order chi connectivity index (χ1) is 18.1. The summed E-state index contributed by atoms with van der Waals surface area (Å²) in [4.78, 5) is 55.1. The minimum Gasteiger partial charge on any atom is -0.329 e. The molecule has 1 aromatic heterocycles. The van der Waals surface area contributed by atoms with E-state index in [-0.39, 0.29) is 24.8 Å². The van der Waals surface area contributed by atoms with Crippen LogP contribution in [-0.2, 0) is 21.7 Å². The van der Waals surface area contributed by atoms with Crippen LogP contribution in [0.3, 0.4) is 0 Å². The molecule has 0 bridgehead atoms. The molecule has 5 rings (SSSR count). The van der Waals surface area contributed by atoms with Gasteiger partial charge in [0.15, 0.2) is 0 Å². The number of piperidine rings is 1. The number of urea groups is 1. The lowest BCUT2D eigenvalue weighted by Gasteiger charge is -2.29. The molecule has 3 N–H and O–H groups in total. The molecule has 3 heterocycles. The Balaban J connectivity index is 1.24. The molecule has 1 saturated heterocycles. The number of hydrogen-bond donors (Lipinski definition) is 3. The molecule has 0 aliphatic carbocycles. The molecule has 10 heteroatoms. The summed E-state index contributed by atoms with van der Waals surface area (Å²) in [5.74, 6) is -1.05. The van der Waals surface area contributed by atoms with Gasteiger partial charge >= 0.3 is 6.03 Å². The van der Waals surface area contributed by atoms with Crippen molar-refractivity contribution in [2.75, 3.05) is 5.32 Å². The second kappa shape index (κ2) is 9.90. The normalized spacial score (nSPS) is 17.2. The van der Waals surface area contributed by atoms with E-state index in [1.165, 1.54) is 4.90 Å². The number of aromatic nitrogens is 1. The van der Waals surface area contributed by atoms with Crippen molar-refractivity contribution in [3.05, 3.63) is 82.6 Å². The molecule has 3 aromatic rings.